The molecule has 0 heterocycles. The third kappa shape index (κ3) is 2.99. The standard InChI is InChI=1S/C15H10Br2F2O/c1-8-4-10(18)6-13(19)14(8)15(20)11-3-2-9(7-16)5-12(11)17/h2-6H,7H2,1H3. The van der Waals surface area contributed by atoms with Crippen LogP contribution < -0.4 is 0 Å². The molecule has 2 aromatic rings. The van der Waals surface area contributed by atoms with Crippen molar-refractivity contribution in [2.75, 3.05) is 0 Å². The number of halogens is 4. The maximum Gasteiger partial charge on any atom is 0.197 e. The Hall–Kier alpha value is -1.07. The summed E-state index contributed by atoms with van der Waals surface area (Å²) >= 11 is 6.63. The van der Waals surface area contributed by atoms with E-state index in [0.29, 0.717) is 15.4 Å². The van der Waals surface area contributed by atoms with Gasteiger partial charge >= 0.3 is 0 Å². The summed E-state index contributed by atoms with van der Waals surface area (Å²) in [5.74, 6) is -2.00. The Bertz CT molecular complexity index is 661. The van der Waals surface area contributed by atoms with E-state index in [0.717, 1.165) is 17.7 Å². The van der Waals surface area contributed by atoms with Crippen molar-refractivity contribution in [3.05, 3.63) is 68.7 Å². The zero-order valence-electron chi connectivity index (χ0n) is 10.5. The van der Waals surface area contributed by atoms with Crippen molar-refractivity contribution >= 4 is 37.6 Å². The van der Waals surface area contributed by atoms with Crippen LogP contribution in [-0.4, -0.2) is 5.78 Å². The quantitative estimate of drug-likeness (QED) is 0.510. The lowest BCUT2D eigenvalue weighted by Crippen LogP contribution is -2.08. The summed E-state index contributed by atoms with van der Waals surface area (Å²) in [5.41, 5.74) is 1.52. The molecular weight excluding hydrogens is 394 g/mol. The fraction of sp³-hybridized carbons (Fsp3) is 0.133. The lowest BCUT2D eigenvalue weighted by molar-refractivity contribution is 0.103. The van der Waals surface area contributed by atoms with Crippen molar-refractivity contribution in [3.63, 3.8) is 0 Å². The number of ketones is 1. The molecule has 20 heavy (non-hydrogen) atoms. The molecule has 2 rings (SSSR count). The van der Waals surface area contributed by atoms with Gasteiger partial charge in [-0.2, -0.15) is 0 Å². The molecule has 0 aliphatic heterocycles. The topological polar surface area (TPSA) is 17.1 Å². The zero-order chi connectivity index (χ0) is 14.9. The van der Waals surface area contributed by atoms with Crippen LogP contribution in [0.3, 0.4) is 0 Å². The molecule has 5 heteroatoms. The third-order valence-electron chi connectivity index (χ3n) is 2.91. The second-order valence-electron chi connectivity index (χ2n) is 4.36. The second-order valence-corrected chi connectivity index (χ2v) is 5.77. The van der Waals surface area contributed by atoms with Gasteiger partial charge in [0.2, 0.25) is 0 Å². The molecule has 0 unspecified atom stereocenters. The smallest absolute Gasteiger partial charge is 0.197 e. The molecule has 0 N–H and O–H groups in total. The van der Waals surface area contributed by atoms with Gasteiger partial charge in [-0.3, -0.25) is 4.79 Å². The predicted molar refractivity (Wildman–Crippen MR) is 81.3 cm³/mol. The molecule has 0 aliphatic rings. The average molecular weight is 404 g/mol. The number of carbonyl (C=O) groups is 1. The summed E-state index contributed by atoms with van der Waals surface area (Å²) in [6, 6.07) is 7.07. The third-order valence-corrected chi connectivity index (χ3v) is 4.22. The number of rotatable bonds is 3. The van der Waals surface area contributed by atoms with Gasteiger partial charge in [0.1, 0.15) is 11.6 Å². The highest BCUT2D eigenvalue weighted by Gasteiger charge is 2.20. The van der Waals surface area contributed by atoms with Crippen LogP contribution in [0.1, 0.15) is 27.0 Å². The summed E-state index contributed by atoms with van der Waals surface area (Å²) in [6.45, 7) is 1.51. The molecule has 0 bridgehead atoms. The highest BCUT2D eigenvalue weighted by molar-refractivity contribution is 9.10. The highest BCUT2D eigenvalue weighted by Crippen LogP contribution is 2.25. The Morgan fingerprint density at radius 3 is 2.45 bits per heavy atom. The van der Waals surface area contributed by atoms with Crippen LogP contribution in [0, 0.1) is 18.6 Å². The molecule has 0 saturated heterocycles. The van der Waals surface area contributed by atoms with Crippen LogP contribution in [-0.2, 0) is 5.33 Å². The van der Waals surface area contributed by atoms with Gasteiger partial charge in [0.25, 0.3) is 0 Å². The van der Waals surface area contributed by atoms with E-state index in [9.17, 15) is 13.6 Å². The lowest BCUT2D eigenvalue weighted by Gasteiger charge is -2.09. The first-order valence-electron chi connectivity index (χ1n) is 5.78. The Morgan fingerprint density at radius 1 is 1.20 bits per heavy atom. The van der Waals surface area contributed by atoms with Gasteiger partial charge < -0.3 is 0 Å². The molecule has 2 aromatic carbocycles. The summed E-state index contributed by atoms with van der Waals surface area (Å²) in [7, 11) is 0. The fourth-order valence-corrected chi connectivity index (χ4v) is 2.91. The van der Waals surface area contributed by atoms with E-state index in [1.165, 1.54) is 6.92 Å². The fourth-order valence-electron chi connectivity index (χ4n) is 1.95. The van der Waals surface area contributed by atoms with Gasteiger partial charge in [0, 0.05) is 21.4 Å². The molecular formula is C15H10Br2F2O. The summed E-state index contributed by atoms with van der Waals surface area (Å²) in [5, 5.41) is 0.657. The van der Waals surface area contributed by atoms with Crippen LogP contribution in [0.5, 0.6) is 0 Å². The normalized spacial score (nSPS) is 10.7. The maximum absolute atomic E-state index is 13.8. The van der Waals surface area contributed by atoms with E-state index >= 15 is 0 Å². The van der Waals surface area contributed by atoms with Gasteiger partial charge in [0.05, 0.1) is 5.56 Å². The van der Waals surface area contributed by atoms with E-state index in [4.69, 9.17) is 0 Å². The number of hydrogen-bond donors (Lipinski definition) is 0. The minimum Gasteiger partial charge on any atom is -0.288 e. The van der Waals surface area contributed by atoms with Crippen LogP contribution in [0.2, 0.25) is 0 Å². The second kappa shape index (κ2) is 6.14. The van der Waals surface area contributed by atoms with Crippen molar-refractivity contribution in [2.45, 2.75) is 12.3 Å². The van der Waals surface area contributed by atoms with E-state index in [-0.39, 0.29) is 11.1 Å². The summed E-state index contributed by atoms with van der Waals surface area (Å²) in [6.07, 6.45) is 0. The predicted octanol–water partition coefficient (Wildman–Crippen LogP) is 5.16. The monoisotopic (exact) mass is 402 g/mol. The van der Waals surface area contributed by atoms with Gasteiger partial charge in [-0.05, 0) is 36.2 Å². The van der Waals surface area contributed by atoms with Crippen molar-refractivity contribution in [1.82, 2.24) is 0 Å². The van der Waals surface area contributed by atoms with Crippen molar-refractivity contribution < 1.29 is 13.6 Å². The highest BCUT2D eigenvalue weighted by atomic mass is 79.9. The van der Waals surface area contributed by atoms with Crippen LogP contribution >= 0.6 is 31.9 Å². The number of aryl methyl sites for hydroxylation is 1. The Kier molecular flexibility index (Phi) is 4.70. The molecule has 0 radical (unpaired) electrons. The van der Waals surface area contributed by atoms with Gasteiger partial charge in [-0.15, -0.1) is 0 Å². The Morgan fingerprint density at radius 2 is 1.90 bits per heavy atom. The summed E-state index contributed by atoms with van der Waals surface area (Å²) in [4.78, 5) is 12.4. The molecule has 0 fully saturated rings. The first kappa shape index (κ1) is 15.3. The molecule has 0 amide bonds. The average Bonchev–Trinajstić information content (AvgIpc) is 2.37. The van der Waals surface area contributed by atoms with Crippen LogP contribution in [0.25, 0.3) is 0 Å². The number of alkyl halides is 1. The molecule has 0 spiro atoms. The maximum atomic E-state index is 13.8. The molecule has 0 aromatic heterocycles. The van der Waals surface area contributed by atoms with Crippen LogP contribution in [0.4, 0.5) is 8.78 Å². The van der Waals surface area contributed by atoms with E-state index < -0.39 is 17.4 Å². The zero-order valence-corrected chi connectivity index (χ0v) is 13.7. The van der Waals surface area contributed by atoms with Gasteiger partial charge in [-0.1, -0.05) is 37.9 Å². The SMILES string of the molecule is Cc1cc(F)cc(F)c1C(=O)c1ccc(CBr)cc1Br. The minimum absolute atomic E-state index is 0.0984. The number of carbonyl (C=O) groups excluding carboxylic acids is 1. The van der Waals surface area contributed by atoms with E-state index in [1.54, 1.807) is 18.2 Å². The van der Waals surface area contributed by atoms with Crippen molar-refractivity contribution in [2.24, 2.45) is 0 Å². The van der Waals surface area contributed by atoms with Crippen LogP contribution in [0.15, 0.2) is 34.8 Å². The largest absolute Gasteiger partial charge is 0.288 e. The molecule has 0 aliphatic carbocycles. The first-order valence-corrected chi connectivity index (χ1v) is 7.70. The number of benzene rings is 2. The minimum atomic E-state index is -0.844. The van der Waals surface area contributed by atoms with Crippen molar-refractivity contribution in [3.8, 4) is 0 Å². The Labute approximate surface area is 132 Å². The van der Waals surface area contributed by atoms with Gasteiger partial charge in [0.15, 0.2) is 5.78 Å². The molecule has 0 saturated carbocycles. The number of hydrogen-bond acceptors (Lipinski definition) is 1. The van der Waals surface area contributed by atoms with Crippen molar-refractivity contribution in [1.29, 1.82) is 0 Å². The first-order chi connectivity index (χ1) is 9.43. The van der Waals surface area contributed by atoms with E-state index in [2.05, 4.69) is 31.9 Å². The Balaban J connectivity index is 2.52. The molecule has 1 nitrogen and oxygen atoms in total. The van der Waals surface area contributed by atoms with E-state index in [1.807, 2.05) is 0 Å². The molecule has 0 atom stereocenters. The summed E-state index contributed by atoms with van der Waals surface area (Å²) < 4.78 is 27.5. The molecule has 104 valence electrons. The lowest BCUT2D eigenvalue weighted by atomic mass is 9.98. The van der Waals surface area contributed by atoms with Gasteiger partial charge in [-0.25, -0.2) is 8.78 Å².